The van der Waals surface area contributed by atoms with E-state index in [9.17, 15) is 19.2 Å². The van der Waals surface area contributed by atoms with Gasteiger partial charge in [-0.2, -0.15) is 0 Å². The molecule has 3 aromatic rings. The molecule has 0 atom stereocenters. The molecule has 0 saturated carbocycles. The van der Waals surface area contributed by atoms with E-state index >= 15 is 0 Å². The van der Waals surface area contributed by atoms with Gasteiger partial charge < -0.3 is 15.0 Å². The first-order chi connectivity index (χ1) is 13.0. The summed E-state index contributed by atoms with van der Waals surface area (Å²) in [7, 11) is 1.27. The highest BCUT2D eigenvalue weighted by Crippen LogP contribution is 2.12. The van der Waals surface area contributed by atoms with Gasteiger partial charge in [-0.05, 0) is 35.7 Å². The molecule has 0 unspecified atom stereocenters. The zero-order valence-corrected chi connectivity index (χ0v) is 15.0. The van der Waals surface area contributed by atoms with E-state index in [1.165, 1.54) is 42.7 Å². The van der Waals surface area contributed by atoms with Crippen molar-refractivity contribution in [3.8, 4) is 0 Å². The largest absolute Gasteiger partial charge is 0.465 e. The molecule has 0 aliphatic heterocycles. The minimum absolute atomic E-state index is 0.0841. The van der Waals surface area contributed by atoms with Gasteiger partial charge in [0, 0.05) is 16.8 Å². The molecule has 0 spiro atoms. The number of H-pyrrole nitrogens is 1. The van der Waals surface area contributed by atoms with Gasteiger partial charge in [0.05, 0.1) is 19.2 Å². The van der Waals surface area contributed by atoms with Crippen LogP contribution in [0.1, 0.15) is 25.6 Å². The average molecular weight is 385 g/mol. The third-order valence-electron chi connectivity index (χ3n) is 3.76. The summed E-state index contributed by atoms with van der Waals surface area (Å²) in [6.07, 6.45) is 1.09. The van der Waals surface area contributed by atoms with Crippen molar-refractivity contribution >= 4 is 28.9 Å². The Morgan fingerprint density at radius 1 is 1.19 bits per heavy atom. The molecule has 2 heterocycles. The molecule has 8 nitrogen and oxygen atoms in total. The SMILES string of the molecule is COC(=O)c1ccc(NC(=O)c2c[nH]c(=O)n(Cc3cccs3)c2=O)cc1. The molecule has 0 bridgehead atoms. The number of esters is 1. The molecule has 0 aliphatic carbocycles. The highest BCUT2D eigenvalue weighted by atomic mass is 32.1. The second-order valence-electron chi connectivity index (χ2n) is 5.50. The fraction of sp³-hybridized carbons (Fsp3) is 0.111. The average Bonchev–Trinajstić information content (AvgIpc) is 3.18. The van der Waals surface area contributed by atoms with Gasteiger partial charge >= 0.3 is 11.7 Å². The summed E-state index contributed by atoms with van der Waals surface area (Å²) in [6.45, 7) is 0.0841. The smallest absolute Gasteiger partial charge is 0.337 e. The van der Waals surface area contributed by atoms with Crippen LogP contribution in [0.25, 0.3) is 0 Å². The lowest BCUT2D eigenvalue weighted by Gasteiger charge is -2.08. The lowest BCUT2D eigenvalue weighted by molar-refractivity contribution is 0.0600. The van der Waals surface area contributed by atoms with E-state index in [1.807, 2.05) is 11.4 Å². The number of carbonyl (C=O) groups is 2. The fourth-order valence-electron chi connectivity index (χ4n) is 2.38. The molecule has 0 radical (unpaired) electrons. The van der Waals surface area contributed by atoms with E-state index < -0.39 is 23.1 Å². The lowest BCUT2D eigenvalue weighted by Crippen LogP contribution is -2.39. The second kappa shape index (κ2) is 7.83. The number of aromatic nitrogens is 2. The van der Waals surface area contributed by atoms with Crippen LogP contribution in [0.3, 0.4) is 0 Å². The number of hydrogen-bond acceptors (Lipinski definition) is 6. The molecule has 138 valence electrons. The Morgan fingerprint density at radius 3 is 2.56 bits per heavy atom. The van der Waals surface area contributed by atoms with Crippen LogP contribution in [-0.2, 0) is 11.3 Å². The number of aromatic amines is 1. The highest BCUT2D eigenvalue weighted by Gasteiger charge is 2.16. The summed E-state index contributed by atoms with van der Waals surface area (Å²) in [5.41, 5.74) is -0.743. The van der Waals surface area contributed by atoms with Crippen molar-refractivity contribution in [3.63, 3.8) is 0 Å². The molecule has 2 N–H and O–H groups in total. The Morgan fingerprint density at radius 2 is 1.93 bits per heavy atom. The molecule has 0 aliphatic rings. The molecule has 2 aromatic heterocycles. The van der Waals surface area contributed by atoms with Gasteiger partial charge in [-0.25, -0.2) is 9.59 Å². The zero-order chi connectivity index (χ0) is 19.4. The Balaban J connectivity index is 1.83. The Kier molecular flexibility index (Phi) is 5.32. The van der Waals surface area contributed by atoms with Crippen molar-refractivity contribution in [2.45, 2.75) is 6.54 Å². The van der Waals surface area contributed by atoms with Crippen LogP contribution in [0.15, 0.2) is 57.6 Å². The van der Waals surface area contributed by atoms with Crippen LogP contribution in [0.4, 0.5) is 5.69 Å². The van der Waals surface area contributed by atoms with Crippen LogP contribution in [0.5, 0.6) is 0 Å². The number of nitrogens with one attached hydrogen (secondary N) is 2. The molecule has 0 fully saturated rings. The normalized spacial score (nSPS) is 10.4. The fourth-order valence-corrected chi connectivity index (χ4v) is 3.07. The lowest BCUT2D eigenvalue weighted by atomic mass is 10.2. The minimum atomic E-state index is -0.684. The van der Waals surface area contributed by atoms with Crippen molar-refractivity contribution in [1.82, 2.24) is 9.55 Å². The van der Waals surface area contributed by atoms with Crippen molar-refractivity contribution in [1.29, 1.82) is 0 Å². The quantitative estimate of drug-likeness (QED) is 0.650. The molecule has 1 aromatic carbocycles. The predicted molar refractivity (Wildman–Crippen MR) is 100 cm³/mol. The maximum absolute atomic E-state index is 12.6. The van der Waals surface area contributed by atoms with Crippen molar-refractivity contribution < 1.29 is 14.3 Å². The van der Waals surface area contributed by atoms with Gasteiger partial charge in [0.15, 0.2) is 0 Å². The van der Waals surface area contributed by atoms with Crippen molar-refractivity contribution in [2.75, 3.05) is 12.4 Å². The van der Waals surface area contributed by atoms with Crippen molar-refractivity contribution in [3.05, 3.63) is 84.8 Å². The number of methoxy groups -OCH3 is 1. The number of rotatable bonds is 5. The van der Waals surface area contributed by atoms with Crippen LogP contribution in [0.2, 0.25) is 0 Å². The van der Waals surface area contributed by atoms with Gasteiger partial charge in [0.1, 0.15) is 5.56 Å². The number of thiophene rings is 1. The van der Waals surface area contributed by atoms with E-state index in [4.69, 9.17) is 0 Å². The third kappa shape index (κ3) is 4.04. The number of anilines is 1. The van der Waals surface area contributed by atoms with E-state index in [0.717, 1.165) is 15.6 Å². The molecule has 9 heteroatoms. The zero-order valence-electron chi connectivity index (χ0n) is 14.2. The standard InChI is InChI=1S/C18H15N3O5S/c1-26-17(24)11-4-6-12(7-5-11)20-15(22)14-9-19-18(25)21(16(14)23)10-13-3-2-8-27-13/h2-9H,10H2,1H3,(H,19,25)(H,20,22). The van der Waals surface area contributed by atoms with Crippen LogP contribution in [0, 0.1) is 0 Å². The van der Waals surface area contributed by atoms with Gasteiger partial charge in [-0.3, -0.25) is 14.2 Å². The number of nitrogens with zero attached hydrogens (tertiary/aromatic N) is 1. The van der Waals surface area contributed by atoms with Crippen LogP contribution >= 0.6 is 11.3 Å². The maximum atomic E-state index is 12.6. The summed E-state index contributed by atoms with van der Waals surface area (Å²) in [5.74, 6) is -1.16. The molecule has 3 rings (SSSR count). The number of carbonyl (C=O) groups excluding carboxylic acids is 2. The molecular weight excluding hydrogens is 370 g/mol. The summed E-state index contributed by atoms with van der Waals surface area (Å²) >= 11 is 1.41. The first-order valence-electron chi connectivity index (χ1n) is 7.84. The monoisotopic (exact) mass is 385 g/mol. The van der Waals surface area contributed by atoms with Gasteiger partial charge in [-0.15, -0.1) is 11.3 Å². The Bertz CT molecular complexity index is 1080. The van der Waals surface area contributed by atoms with Crippen LogP contribution in [-0.4, -0.2) is 28.5 Å². The summed E-state index contributed by atoms with van der Waals surface area (Å²) < 4.78 is 5.58. The maximum Gasteiger partial charge on any atom is 0.337 e. The molecule has 27 heavy (non-hydrogen) atoms. The molecular formula is C18H15N3O5S. The van der Waals surface area contributed by atoms with E-state index in [1.54, 1.807) is 6.07 Å². The number of ether oxygens (including phenoxy) is 1. The van der Waals surface area contributed by atoms with E-state index in [-0.39, 0.29) is 12.1 Å². The topological polar surface area (TPSA) is 110 Å². The van der Waals surface area contributed by atoms with Gasteiger partial charge in [-0.1, -0.05) is 6.07 Å². The summed E-state index contributed by atoms with van der Waals surface area (Å²) in [5, 5.41) is 4.40. The molecule has 0 saturated heterocycles. The third-order valence-corrected chi connectivity index (χ3v) is 4.62. The van der Waals surface area contributed by atoms with Gasteiger partial charge in [0.2, 0.25) is 0 Å². The Labute approximate surface area is 157 Å². The van der Waals surface area contributed by atoms with Crippen molar-refractivity contribution in [2.24, 2.45) is 0 Å². The minimum Gasteiger partial charge on any atom is -0.465 e. The highest BCUT2D eigenvalue weighted by molar-refractivity contribution is 7.09. The van der Waals surface area contributed by atoms with E-state index in [0.29, 0.717) is 11.3 Å². The Hall–Kier alpha value is -3.46. The predicted octanol–water partition coefficient (Wildman–Crippen LogP) is 1.69. The number of benzene rings is 1. The van der Waals surface area contributed by atoms with E-state index in [2.05, 4.69) is 15.0 Å². The first kappa shape index (κ1) is 18.3. The summed E-state index contributed by atoms with van der Waals surface area (Å²) in [4.78, 5) is 51.6. The summed E-state index contributed by atoms with van der Waals surface area (Å²) in [6, 6.07) is 9.62. The second-order valence-corrected chi connectivity index (χ2v) is 6.53. The number of hydrogen-bond donors (Lipinski definition) is 2. The number of amides is 1. The molecule has 1 amide bonds. The first-order valence-corrected chi connectivity index (χ1v) is 8.72. The van der Waals surface area contributed by atoms with Crippen LogP contribution < -0.4 is 16.6 Å². The van der Waals surface area contributed by atoms with Gasteiger partial charge in [0.25, 0.3) is 11.5 Å².